The van der Waals surface area contributed by atoms with E-state index in [1.165, 1.54) is 12.8 Å². The van der Waals surface area contributed by atoms with Crippen LogP contribution in [0.3, 0.4) is 0 Å². The van der Waals surface area contributed by atoms with Crippen molar-refractivity contribution in [2.24, 2.45) is 7.05 Å². The van der Waals surface area contributed by atoms with Crippen molar-refractivity contribution in [1.29, 1.82) is 0 Å². The van der Waals surface area contributed by atoms with Crippen molar-refractivity contribution in [1.82, 2.24) is 9.55 Å². The van der Waals surface area contributed by atoms with E-state index in [0.717, 1.165) is 12.2 Å². The van der Waals surface area contributed by atoms with Crippen LogP contribution in [0.1, 0.15) is 25.6 Å². The molecule has 2 nitrogen and oxygen atoms in total. The van der Waals surface area contributed by atoms with Gasteiger partial charge in [-0.15, -0.1) is 0 Å². The van der Waals surface area contributed by atoms with E-state index in [2.05, 4.69) is 11.9 Å². The maximum Gasteiger partial charge on any atom is 0.147 e. The molecule has 0 N–H and O–H groups in total. The number of unbranched alkanes of at least 4 members (excludes halogenated alkanes) is 1. The summed E-state index contributed by atoms with van der Waals surface area (Å²) in [6.45, 7) is 2.17. The average molecular weight is 173 g/mol. The molecule has 0 spiro atoms. The molecule has 0 bridgehead atoms. The molecule has 0 aliphatic heterocycles. The van der Waals surface area contributed by atoms with Gasteiger partial charge >= 0.3 is 0 Å². The second-order valence-electron chi connectivity index (χ2n) is 2.69. The molecule has 0 saturated carbocycles. The van der Waals surface area contributed by atoms with Crippen LogP contribution in [0.2, 0.25) is 5.15 Å². The van der Waals surface area contributed by atoms with Crippen molar-refractivity contribution in [2.45, 2.75) is 26.2 Å². The monoisotopic (exact) mass is 172 g/mol. The summed E-state index contributed by atoms with van der Waals surface area (Å²) in [5, 5.41) is 0.596. The molecule has 1 heterocycles. The van der Waals surface area contributed by atoms with Gasteiger partial charge in [-0.2, -0.15) is 0 Å². The van der Waals surface area contributed by atoms with Crippen molar-refractivity contribution in [2.75, 3.05) is 0 Å². The predicted molar refractivity (Wildman–Crippen MR) is 46.8 cm³/mol. The smallest absolute Gasteiger partial charge is 0.147 e. The molecule has 1 aromatic heterocycles. The van der Waals surface area contributed by atoms with E-state index in [4.69, 9.17) is 11.6 Å². The fourth-order valence-electron chi connectivity index (χ4n) is 1.03. The van der Waals surface area contributed by atoms with E-state index < -0.39 is 0 Å². The lowest BCUT2D eigenvalue weighted by molar-refractivity contribution is 0.712. The predicted octanol–water partition coefficient (Wildman–Crippen LogP) is 2.42. The number of hydrogen-bond acceptors (Lipinski definition) is 1. The summed E-state index contributed by atoms with van der Waals surface area (Å²) < 4.78 is 1.98. The number of hydrogen-bond donors (Lipinski definition) is 0. The molecule has 0 aromatic carbocycles. The van der Waals surface area contributed by atoms with Crippen LogP contribution in [0.4, 0.5) is 0 Å². The van der Waals surface area contributed by atoms with Crippen LogP contribution >= 0.6 is 11.6 Å². The van der Waals surface area contributed by atoms with Crippen molar-refractivity contribution in [3.05, 3.63) is 17.2 Å². The summed E-state index contributed by atoms with van der Waals surface area (Å²) >= 11 is 5.71. The third kappa shape index (κ3) is 2.22. The lowest BCUT2D eigenvalue weighted by atomic mass is 10.2. The Bertz CT molecular complexity index is 230. The van der Waals surface area contributed by atoms with E-state index in [0.29, 0.717) is 5.15 Å². The van der Waals surface area contributed by atoms with Crippen molar-refractivity contribution < 1.29 is 0 Å². The van der Waals surface area contributed by atoms with Crippen LogP contribution in [-0.4, -0.2) is 9.55 Å². The molecule has 0 saturated heterocycles. The molecule has 0 amide bonds. The van der Waals surface area contributed by atoms with Crippen LogP contribution < -0.4 is 0 Å². The maximum atomic E-state index is 5.71. The minimum absolute atomic E-state index is 0.596. The normalized spacial score (nSPS) is 10.5. The Morgan fingerprint density at radius 2 is 2.36 bits per heavy atom. The number of imidazole rings is 1. The molecule has 0 unspecified atom stereocenters. The van der Waals surface area contributed by atoms with Gasteiger partial charge in [-0.25, -0.2) is 4.98 Å². The Morgan fingerprint density at radius 3 is 2.82 bits per heavy atom. The largest absolute Gasteiger partial charge is 0.336 e. The van der Waals surface area contributed by atoms with Crippen molar-refractivity contribution in [3.63, 3.8) is 0 Å². The summed E-state index contributed by atoms with van der Waals surface area (Å²) in [4.78, 5) is 4.18. The van der Waals surface area contributed by atoms with Crippen LogP contribution in [0.25, 0.3) is 0 Å². The zero-order chi connectivity index (χ0) is 8.27. The minimum atomic E-state index is 0.596. The van der Waals surface area contributed by atoms with Gasteiger partial charge < -0.3 is 4.57 Å². The van der Waals surface area contributed by atoms with Crippen LogP contribution in [0.15, 0.2) is 6.20 Å². The summed E-state index contributed by atoms with van der Waals surface area (Å²) in [6, 6.07) is 0. The molecular weight excluding hydrogens is 160 g/mol. The minimum Gasteiger partial charge on any atom is -0.336 e. The standard InChI is InChI=1S/C8H13ClN2/c1-3-4-5-8-10-7(9)6-11(8)2/h6H,3-5H2,1-2H3. The quantitative estimate of drug-likeness (QED) is 0.685. The molecular formula is C8H13ClN2. The number of rotatable bonds is 3. The Labute approximate surface area is 72.2 Å². The summed E-state index contributed by atoms with van der Waals surface area (Å²) in [6.07, 6.45) is 5.25. The zero-order valence-electron chi connectivity index (χ0n) is 6.97. The molecule has 62 valence electrons. The highest BCUT2D eigenvalue weighted by Gasteiger charge is 2.01. The van der Waals surface area contributed by atoms with E-state index in [9.17, 15) is 0 Å². The lowest BCUT2D eigenvalue weighted by Gasteiger charge is -1.97. The van der Waals surface area contributed by atoms with Gasteiger partial charge in [-0.1, -0.05) is 24.9 Å². The molecule has 0 atom stereocenters. The van der Waals surface area contributed by atoms with Gasteiger partial charge in [-0.3, -0.25) is 0 Å². The Balaban J connectivity index is 2.62. The summed E-state index contributed by atoms with van der Waals surface area (Å²) in [5.41, 5.74) is 0. The second-order valence-corrected chi connectivity index (χ2v) is 3.08. The molecule has 3 heteroatoms. The van der Waals surface area contributed by atoms with Crippen LogP contribution in [-0.2, 0) is 13.5 Å². The molecule has 0 aliphatic carbocycles. The first-order valence-corrected chi connectivity index (χ1v) is 4.29. The fourth-order valence-corrected chi connectivity index (χ4v) is 1.28. The number of aryl methyl sites for hydroxylation is 2. The summed E-state index contributed by atoms with van der Waals surface area (Å²) in [5.74, 6) is 1.08. The topological polar surface area (TPSA) is 17.8 Å². The van der Waals surface area contributed by atoms with Gasteiger partial charge in [0.15, 0.2) is 0 Å². The number of aromatic nitrogens is 2. The Kier molecular flexibility index (Phi) is 2.94. The molecule has 1 rings (SSSR count). The van der Waals surface area contributed by atoms with Gasteiger partial charge in [0, 0.05) is 19.7 Å². The van der Waals surface area contributed by atoms with Gasteiger partial charge in [-0.05, 0) is 6.42 Å². The van der Waals surface area contributed by atoms with Crippen LogP contribution in [0, 0.1) is 0 Å². The first-order valence-electron chi connectivity index (χ1n) is 3.91. The Hall–Kier alpha value is -0.500. The number of halogens is 1. The first-order chi connectivity index (χ1) is 5.24. The van der Waals surface area contributed by atoms with Crippen LogP contribution in [0.5, 0.6) is 0 Å². The molecule has 11 heavy (non-hydrogen) atoms. The second kappa shape index (κ2) is 3.77. The highest BCUT2D eigenvalue weighted by Crippen LogP contribution is 2.09. The zero-order valence-corrected chi connectivity index (χ0v) is 7.73. The van der Waals surface area contributed by atoms with Gasteiger partial charge in [0.05, 0.1) is 0 Å². The van der Waals surface area contributed by atoms with Gasteiger partial charge in [0.1, 0.15) is 11.0 Å². The Morgan fingerprint density at radius 1 is 1.64 bits per heavy atom. The molecule has 0 aliphatic rings. The summed E-state index contributed by atoms with van der Waals surface area (Å²) in [7, 11) is 1.98. The average Bonchev–Trinajstić information content (AvgIpc) is 2.26. The maximum absolute atomic E-state index is 5.71. The third-order valence-electron chi connectivity index (χ3n) is 1.70. The molecule has 0 radical (unpaired) electrons. The van der Waals surface area contributed by atoms with Crippen molar-refractivity contribution in [3.8, 4) is 0 Å². The first kappa shape index (κ1) is 8.60. The van der Waals surface area contributed by atoms with E-state index in [1.807, 2.05) is 17.8 Å². The van der Waals surface area contributed by atoms with E-state index in [1.54, 1.807) is 0 Å². The lowest BCUT2D eigenvalue weighted by Crippen LogP contribution is -1.96. The highest BCUT2D eigenvalue weighted by atomic mass is 35.5. The molecule has 1 aromatic rings. The third-order valence-corrected chi connectivity index (χ3v) is 1.88. The van der Waals surface area contributed by atoms with Crippen molar-refractivity contribution >= 4 is 11.6 Å². The van der Waals surface area contributed by atoms with E-state index >= 15 is 0 Å². The van der Waals surface area contributed by atoms with E-state index in [-0.39, 0.29) is 0 Å². The highest BCUT2D eigenvalue weighted by molar-refractivity contribution is 6.29. The SMILES string of the molecule is CCCCc1nc(Cl)cn1C. The van der Waals surface area contributed by atoms with Gasteiger partial charge in [0.2, 0.25) is 0 Å². The van der Waals surface area contributed by atoms with Gasteiger partial charge in [0.25, 0.3) is 0 Å². The fraction of sp³-hybridized carbons (Fsp3) is 0.625. The molecule has 0 fully saturated rings. The number of nitrogens with zero attached hydrogens (tertiary/aromatic N) is 2.